The minimum atomic E-state index is -4.47. The molecule has 1 aliphatic heterocycles. The summed E-state index contributed by atoms with van der Waals surface area (Å²) in [4.78, 5) is 2.08. The molecule has 0 bridgehead atoms. The molecule has 1 aliphatic rings. The molecule has 1 saturated heterocycles. The summed E-state index contributed by atoms with van der Waals surface area (Å²) in [5.74, 6) is -0.724. The van der Waals surface area contributed by atoms with Crippen molar-refractivity contribution < 1.29 is 26.5 Å². The highest BCUT2D eigenvalue weighted by atomic mass is 19.4. The Bertz CT molecular complexity index is 1120. The van der Waals surface area contributed by atoms with Gasteiger partial charge in [-0.15, -0.1) is 12.8 Å². The van der Waals surface area contributed by atoms with Crippen molar-refractivity contribution in [1.82, 2.24) is 10.1 Å². The van der Waals surface area contributed by atoms with E-state index in [1.165, 1.54) is 31.2 Å². The van der Waals surface area contributed by atoms with E-state index in [0.717, 1.165) is 43.7 Å². The van der Waals surface area contributed by atoms with Crippen LogP contribution in [0.15, 0.2) is 69.7 Å². The molecule has 0 unspecified atom stereocenters. The summed E-state index contributed by atoms with van der Waals surface area (Å²) in [6, 6.07) is 4.09. The first-order valence-electron chi connectivity index (χ1n) is 12.4. The number of nitrogens with zero attached hydrogens (tertiary/aromatic N) is 2. The first-order valence-corrected chi connectivity index (χ1v) is 12.4. The van der Waals surface area contributed by atoms with Crippen LogP contribution in [0.5, 0.6) is 0 Å². The van der Waals surface area contributed by atoms with Gasteiger partial charge in [-0.2, -0.15) is 13.2 Å². The fraction of sp³-hybridized carbons (Fsp3) is 0.414. The second-order valence-electron chi connectivity index (χ2n) is 7.86. The summed E-state index contributed by atoms with van der Waals surface area (Å²) in [6.45, 7) is 8.05. The van der Waals surface area contributed by atoms with Gasteiger partial charge in [0.05, 0.1) is 11.0 Å². The maximum absolute atomic E-state index is 14.0. The second kappa shape index (κ2) is 17.8. The van der Waals surface area contributed by atoms with Crippen molar-refractivity contribution in [3.63, 3.8) is 0 Å². The monoisotopic (exact) mass is 539 g/mol. The Hall–Kier alpha value is -3.54. The summed E-state index contributed by atoms with van der Waals surface area (Å²) >= 11 is 0. The van der Waals surface area contributed by atoms with E-state index in [1.807, 2.05) is 27.0 Å². The molecule has 2 aromatic rings. The van der Waals surface area contributed by atoms with Gasteiger partial charge in [-0.25, -0.2) is 8.78 Å². The number of aromatic nitrogens is 1. The minimum Gasteiger partial charge on any atom is -0.380 e. The van der Waals surface area contributed by atoms with Crippen LogP contribution < -0.4 is 5.73 Å². The number of terminal acetylenes is 1. The Morgan fingerprint density at radius 1 is 1.21 bits per heavy atom. The molecule has 0 radical (unpaired) electrons. The van der Waals surface area contributed by atoms with Gasteiger partial charge < -0.3 is 15.2 Å². The van der Waals surface area contributed by atoms with Crippen LogP contribution in [0.2, 0.25) is 0 Å². The van der Waals surface area contributed by atoms with Crippen LogP contribution in [0, 0.1) is 18.7 Å². The number of nitrogen functional groups attached to an aromatic ring is 1. The lowest BCUT2D eigenvalue weighted by Gasteiger charge is -2.27. The molecule has 0 saturated carbocycles. The maximum Gasteiger partial charge on any atom is 0.416 e. The quantitative estimate of drug-likeness (QED) is 0.234. The van der Waals surface area contributed by atoms with Gasteiger partial charge in [0, 0.05) is 19.3 Å². The van der Waals surface area contributed by atoms with Gasteiger partial charge in [-0.3, -0.25) is 0 Å². The number of nitrogens with two attached hydrogens (primary N) is 1. The van der Waals surface area contributed by atoms with Crippen LogP contribution >= 0.6 is 0 Å². The number of piperidine rings is 1. The zero-order valence-electron chi connectivity index (χ0n) is 22.7. The van der Waals surface area contributed by atoms with E-state index in [4.69, 9.17) is 10.3 Å². The van der Waals surface area contributed by atoms with E-state index in [2.05, 4.69) is 22.9 Å². The average Bonchev–Trinajstić information content (AvgIpc) is 3.28. The largest absolute Gasteiger partial charge is 0.416 e. The number of hydrogen-bond acceptors (Lipinski definition) is 4. The van der Waals surface area contributed by atoms with Crippen LogP contribution in [-0.2, 0) is 0 Å². The van der Waals surface area contributed by atoms with Gasteiger partial charge in [0.2, 0.25) is 0 Å². The van der Waals surface area contributed by atoms with Gasteiger partial charge >= 0.3 is 6.18 Å². The third-order valence-electron chi connectivity index (χ3n) is 5.33. The molecule has 0 atom stereocenters. The van der Waals surface area contributed by atoms with E-state index < -0.39 is 17.6 Å². The van der Waals surface area contributed by atoms with E-state index in [9.17, 15) is 22.0 Å². The summed E-state index contributed by atoms with van der Waals surface area (Å²) in [5, 5.41) is 3.99. The minimum absolute atomic E-state index is 0.0657. The number of halogens is 5. The maximum atomic E-state index is 14.0. The Labute approximate surface area is 222 Å². The fourth-order valence-corrected chi connectivity index (χ4v) is 3.48. The normalized spacial score (nSPS) is 15.6. The molecule has 0 aliphatic carbocycles. The molecular formula is C29H38F5N3O. The molecule has 210 valence electrons. The molecule has 0 amide bonds. The van der Waals surface area contributed by atoms with E-state index in [0.29, 0.717) is 11.0 Å². The van der Waals surface area contributed by atoms with Crippen LogP contribution in [-0.4, -0.2) is 29.8 Å². The Kier molecular flexibility index (Phi) is 16.2. The van der Waals surface area contributed by atoms with Gasteiger partial charge in [0.25, 0.3) is 0 Å². The predicted molar refractivity (Wildman–Crippen MR) is 146 cm³/mol. The van der Waals surface area contributed by atoms with Crippen molar-refractivity contribution >= 4 is 16.8 Å². The lowest BCUT2D eigenvalue weighted by Crippen LogP contribution is -2.23. The van der Waals surface area contributed by atoms with Crippen LogP contribution in [0.1, 0.15) is 59.8 Å². The fourth-order valence-electron chi connectivity index (χ4n) is 3.48. The average molecular weight is 540 g/mol. The molecule has 1 aromatic heterocycles. The van der Waals surface area contributed by atoms with Crippen molar-refractivity contribution in [3.8, 4) is 12.8 Å². The van der Waals surface area contributed by atoms with Gasteiger partial charge in [0.1, 0.15) is 11.6 Å². The van der Waals surface area contributed by atoms with Crippen molar-refractivity contribution in [2.45, 2.75) is 66.0 Å². The molecule has 2 N–H and O–H groups in total. The summed E-state index contributed by atoms with van der Waals surface area (Å²) in [7, 11) is 1.96. The molecule has 9 heteroatoms. The first-order chi connectivity index (χ1) is 18.1. The SMILES string of the molecule is C#C.CC.C\C=C(F)/C(=C\C(=C\CC)C(F)(F)F)C/C=C1/CCCCN1C.Nc1noc2ccc(F)cc12. The summed E-state index contributed by atoms with van der Waals surface area (Å²) in [6.07, 6.45) is 12.1. The van der Waals surface area contributed by atoms with Gasteiger partial charge in [0.15, 0.2) is 11.4 Å². The van der Waals surface area contributed by atoms with Crippen LogP contribution in [0.4, 0.5) is 27.8 Å². The van der Waals surface area contributed by atoms with E-state index >= 15 is 0 Å². The standard InChI is InChI=1S/C18H25F4N.C7H5FN2O.C2H6.C2H2/c1-4-8-15(18(20,21)22)13-14(17(19)5-2)10-11-16-9-6-7-12-23(16)3;8-4-1-2-6-5(3-4)7(9)10-11-6;2*1-2/h5,8,11,13H,4,6-7,9-10,12H2,1-3H3;1-3H,(H2,9,10);1-2H3;1-2H/b14-13-,15-8-,16-11-,17-5+;;;. The highest BCUT2D eigenvalue weighted by Crippen LogP contribution is 2.31. The van der Waals surface area contributed by atoms with Crippen molar-refractivity contribution in [2.24, 2.45) is 0 Å². The number of fused-ring (bicyclic) bond motifs is 1. The third kappa shape index (κ3) is 11.2. The lowest BCUT2D eigenvalue weighted by molar-refractivity contribution is -0.0884. The number of anilines is 1. The number of likely N-dealkylation sites (tertiary alicyclic amines) is 1. The molecule has 1 fully saturated rings. The zero-order valence-corrected chi connectivity index (χ0v) is 22.7. The zero-order chi connectivity index (χ0) is 29.3. The van der Waals surface area contributed by atoms with Gasteiger partial charge in [-0.05, 0) is 68.9 Å². The highest BCUT2D eigenvalue weighted by Gasteiger charge is 2.32. The van der Waals surface area contributed by atoms with Crippen molar-refractivity contribution in [3.05, 3.63) is 71.0 Å². The van der Waals surface area contributed by atoms with Crippen LogP contribution in [0.3, 0.4) is 0 Å². The van der Waals surface area contributed by atoms with E-state index in [-0.39, 0.29) is 30.0 Å². The second-order valence-corrected chi connectivity index (χ2v) is 7.86. The Balaban J connectivity index is 0.000000752. The molecule has 3 rings (SSSR count). The topological polar surface area (TPSA) is 55.3 Å². The molecular weight excluding hydrogens is 501 g/mol. The Morgan fingerprint density at radius 2 is 1.87 bits per heavy atom. The smallest absolute Gasteiger partial charge is 0.380 e. The number of alkyl halides is 3. The number of hydrogen-bond donors (Lipinski definition) is 1. The highest BCUT2D eigenvalue weighted by molar-refractivity contribution is 5.86. The Morgan fingerprint density at radius 3 is 2.42 bits per heavy atom. The predicted octanol–water partition coefficient (Wildman–Crippen LogP) is 8.90. The lowest BCUT2D eigenvalue weighted by atomic mass is 10.0. The van der Waals surface area contributed by atoms with E-state index in [1.54, 1.807) is 6.92 Å². The molecule has 2 heterocycles. The number of rotatable bonds is 5. The summed E-state index contributed by atoms with van der Waals surface area (Å²) < 4.78 is 70.4. The molecule has 38 heavy (non-hydrogen) atoms. The van der Waals surface area contributed by atoms with Crippen molar-refractivity contribution in [2.75, 3.05) is 19.3 Å². The number of benzene rings is 1. The third-order valence-corrected chi connectivity index (χ3v) is 5.33. The van der Waals surface area contributed by atoms with Crippen molar-refractivity contribution in [1.29, 1.82) is 0 Å². The molecule has 4 nitrogen and oxygen atoms in total. The molecule has 0 spiro atoms. The van der Waals surface area contributed by atoms with Gasteiger partial charge in [-0.1, -0.05) is 44.2 Å². The van der Waals surface area contributed by atoms with Crippen LogP contribution in [0.25, 0.3) is 11.0 Å². The first kappa shape index (κ1) is 34.5. The summed E-state index contributed by atoms with van der Waals surface area (Å²) in [5.41, 5.74) is 6.22. The number of allylic oxidation sites excluding steroid dienone is 8. The molecule has 1 aromatic carbocycles.